The maximum Gasteiger partial charge on any atom is 0.316 e. The van der Waals surface area contributed by atoms with Gasteiger partial charge in [-0.25, -0.2) is 0 Å². The lowest BCUT2D eigenvalue weighted by Crippen LogP contribution is -2.40. The van der Waals surface area contributed by atoms with Crippen LogP contribution in [0.1, 0.15) is 5.69 Å². The Hall–Kier alpha value is -2.89. The average Bonchev–Trinajstić information content (AvgIpc) is 2.53. The number of aromatic hydroxyl groups is 1. The van der Waals surface area contributed by atoms with E-state index in [1.807, 2.05) is 0 Å². The number of anilines is 1. The van der Waals surface area contributed by atoms with Gasteiger partial charge in [-0.15, -0.1) is 0 Å². The normalized spacial score (nSPS) is 9.95. The summed E-state index contributed by atoms with van der Waals surface area (Å²) in [6, 6.07) is 11.3. The number of hydrogen-bond donors (Lipinski definition) is 2. The molecule has 0 aliphatic carbocycles. The third-order valence-electron chi connectivity index (χ3n) is 2.89. The summed E-state index contributed by atoms with van der Waals surface area (Å²) in [5.74, 6) is -1.30. The topological polar surface area (TPSA) is 82.5 Å². The van der Waals surface area contributed by atoms with E-state index in [2.05, 4.69) is 10.3 Å². The van der Waals surface area contributed by atoms with Crippen LogP contribution in [0.25, 0.3) is 0 Å². The smallest absolute Gasteiger partial charge is 0.316 e. The van der Waals surface area contributed by atoms with Crippen LogP contribution < -0.4 is 10.2 Å². The zero-order valence-electron chi connectivity index (χ0n) is 11.5. The van der Waals surface area contributed by atoms with Gasteiger partial charge in [0, 0.05) is 18.9 Å². The molecule has 2 rings (SSSR count). The number of amides is 2. The van der Waals surface area contributed by atoms with Crippen molar-refractivity contribution in [2.24, 2.45) is 0 Å². The lowest BCUT2D eigenvalue weighted by atomic mass is 10.2. The van der Waals surface area contributed by atoms with Gasteiger partial charge >= 0.3 is 11.8 Å². The van der Waals surface area contributed by atoms with Gasteiger partial charge in [-0.05, 0) is 36.4 Å². The number of benzene rings is 1. The first-order chi connectivity index (χ1) is 10.1. The maximum absolute atomic E-state index is 12.0. The monoisotopic (exact) mass is 285 g/mol. The van der Waals surface area contributed by atoms with Gasteiger partial charge in [0.25, 0.3) is 0 Å². The van der Waals surface area contributed by atoms with Crippen LogP contribution in [0.3, 0.4) is 0 Å². The molecular formula is C15H15N3O3. The molecule has 2 amide bonds. The van der Waals surface area contributed by atoms with Gasteiger partial charge in [0.15, 0.2) is 0 Å². The Morgan fingerprint density at radius 1 is 1.19 bits per heavy atom. The molecule has 0 radical (unpaired) electrons. The molecular weight excluding hydrogens is 270 g/mol. The molecule has 1 heterocycles. The number of phenols is 1. The van der Waals surface area contributed by atoms with Gasteiger partial charge < -0.3 is 15.3 Å². The minimum Gasteiger partial charge on any atom is -0.508 e. The minimum absolute atomic E-state index is 0.0965. The van der Waals surface area contributed by atoms with Crippen molar-refractivity contribution in [3.8, 4) is 5.75 Å². The molecule has 2 aromatic rings. The summed E-state index contributed by atoms with van der Waals surface area (Å²) in [5, 5.41) is 11.7. The second-order valence-electron chi connectivity index (χ2n) is 4.38. The number of carbonyl (C=O) groups excluding carboxylic acids is 2. The number of phenolic OH excluding ortho intramolecular Hbond substituents is 1. The summed E-state index contributed by atoms with van der Waals surface area (Å²) in [6.07, 6.45) is 1.62. The first-order valence-electron chi connectivity index (χ1n) is 6.33. The first-order valence-corrected chi connectivity index (χ1v) is 6.33. The molecule has 0 fully saturated rings. The number of aromatic nitrogens is 1. The van der Waals surface area contributed by atoms with E-state index in [-0.39, 0.29) is 12.3 Å². The van der Waals surface area contributed by atoms with E-state index in [4.69, 9.17) is 0 Å². The summed E-state index contributed by atoms with van der Waals surface area (Å²) < 4.78 is 0. The van der Waals surface area contributed by atoms with Gasteiger partial charge in [-0.2, -0.15) is 0 Å². The van der Waals surface area contributed by atoms with Crippen molar-refractivity contribution in [2.45, 2.75) is 6.54 Å². The molecule has 0 bridgehead atoms. The van der Waals surface area contributed by atoms with Crippen molar-refractivity contribution in [3.05, 3.63) is 54.4 Å². The molecule has 0 saturated carbocycles. The van der Waals surface area contributed by atoms with E-state index in [9.17, 15) is 14.7 Å². The van der Waals surface area contributed by atoms with Gasteiger partial charge in [-0.1, -0.05) is 6.07 Å². The van der Waals surface area contributed by atoms with Crippen molar-refractivity contribution in [2.75, 3.05) is 11.9 Å². The zero-order chi connectivity index (χ0) is 15.2. The second-order valence-corrected chi connectivity index (χ2v) is 4.38. The predicted octanol–water partition coefficient (Wildman–Crippen LogP) is 1.07. The van der Waals surface area contributed by atoms with Crippen LogP contribution in [-0.4, -0.2) is 29.0 Å². The molecule has 0 aliphatic rings. The summed E-state index contributed by atoms with van der Waals surface area (Å²) >= 11 is 0. The SMILES string of the molecule is CN(C(=O)C(=O)NCc1ccccn1)c1ccc(O)cc1. The van der Waals surface area contributed by atoms with Crippen molar-refractivity contribution in [1.29, 1.82) is 0 Å². The third-order valence-corrected chi connectivity index (χ3v) is 2.89. The summed E-state index contributed by atoms with van der Waals surface area (Å²) in [6.45, 7) is 0.189. The van der Waals surface area contributed by atoms with Crippen molar-refractivity contribution < 1.29 is 14.7 Å². The lowest BCUT2D eigenvalue weighted by molar-refractivity contribution is -0.137. The van der Waals surface area contributed by atoms with Crippen molar-refractivity contribution >= 4 is 17.5 Å². The molecule has 6 nitrogen and oxygen atoms in total. The minimum atomic E-state index is -0.712. The summed E-state index contributed by atoms with van der Waals surface area (Å²) in [5.41, 5.74) is 1.19. The molecule has 0 atom stereocenters. The molecule has 2 N–H and O–H groups in total. The molecule has 108 valence electrons. The van der Waals surface area contributed by atoms with E-state index in [0.29, 0.717) is 11.4 Å². The van der Waals surface area contributed by atoms with E-state index in [1.165, 1.54) is 24.1 Å². The molecule has 0 spiro atoms. The molecule has 1 aromatic carbocycles. The van der Waals surface area contributed by atoms with E-state index in [0.717, 1.165) is 0 Å². The highest BCUT2D eigenvalue weighted by atomic mass is 16.3. The fourth-order valence-corrected chi connectivity index (χ4v) is 1.69. The highest BCUT2D eigenvalue weighted by Gasteiger charge is 2.19. The van der Waals surface area contributed by atoms with Crippen LogP contribution in [0.15, 0.2) is 48.7 Å². The molecule has 1 aromatic heterocycles. The van der Waals surface area contributed by atoms with E-state index in [1.54, 1.807) is 36.5 Å². The van der Waals surface area contributed by atoms with E-state index >= 15 is 0 Å². The van der Waals surface area contributed by atoms with Crippen LogP contribution in [0, 0.1) is 0 Å². The molecule has 0 aliphatic heterocycles. The number of likely N-dealkylation sites (N-methyl/N-ethyl adjacent to an activating group) is 1. The highest BCUT2D eigenvalue weighted by molar-refractivity contribution is 6.40. The molecule has 21 heavy (non-hydrogen) atoms. The molecule has 0 unspecified atom stereocenters. The van der Waals surface area contributed by atoms with Gasteiger partial charge in [0.05, 0.1) is 12.2 Å². The van der Waals surface area contributed by atoms with Crippen LogP contribution in [-0.2, 0) is 16.1 Å². The second kappa shape index (κ2) is 6.51. The zero-order valence-corrected chi connectivity index (χ0v) is 11.5. The lowest BCUT2D eigenvalue weighted by Gasteiger charge is -2.16. The van der Waals surface area contributed by atoms with Crippen molar-refractivity contribution in [3.63, 3.8) is 0 Å². The van der Waals surface area contributed by atoms with Crippen molar-refractivity contribution in [1.82, 2.24) is 10.3 Å². The Kier molecular flexibility index (Phi) is 4.50. The van der Waals surface area contributed by atoms with Gasteiger partial charge in [-0.3, -0.25) is 14.6 Å². The number of hydrogen-bond acceptors (Lipinski definition) is 4. The Labute approximate surface area is 122 Å². The fraction of sp³-hybridized carbons (Fsp3) is 0.133. The van der Waals surface area contributed by atoms with Gasteiger partial charge in [0.1, 0.15) is 5.75 Å². The first kappa shape index (κ1) is 14.5. The summed E-state index contributed by atoms with van der Waals surface area (Å²) in [7, 11) is 1.50. The van der Waals surface area contributed by atoms with Crippen LogP contribution >= 0.6 is 0 Å². The Bertz CT molecular complexity index is 626. The maximum atomic E-state index is 12.0. The van der Waals surface area contributed by atoms with Crippen LogP contribution in [0.5, 0.6) is 5.75 Å². The number of nitrogens with one attached hydrogen (secondary N) is 1. The highest BCUT2D eigenvalue weighted by Crippen LogP contribution is 2.17. The van der Waals surface area contributed by atoms with Gasteiger partial charge in [0.2, 0.25) is 0 Å². The average molecular weight is 285 g/mol. The number of carbonyl (C=O) groups is 2. The van der Waals surface area contributed by atoms with E-state index < -0.39 is 11.8 Å². The van der Waals surface area contributed by atoms with Crippen LogP contribution in [0.2, 0.25) is 0 Å². The fourth-order valence-electron chi connectivity index (χ4n) is 1.69. The standard InChI is InChI=1S/C15H15N3O3/c1-18(12-5-7-13(19)8-6-12)15(21)14(20)17-10-11-4-2-3-9-16-11/h2-9,19H,10H2,1H3,(H,17,20). The van der Waals surface area contributed by atoms with Crippen LogP contribution in [0.4, 0.5) is 5.69 Å². The largest absolute Gasteiger partial charge is 0.508 e. The Balaban J connectivity index is 1.95. The molecule has 6 heteroatoms. The Morgan fingerprint density at radius 2 is 1.90 bits per heavy atom. The third kappa shape index (κ3) is 3.79. The predicted molar refractivity (Wildman–Crippen MR) is 77.6 cm³/mol. The quantitative estimate of drug-likeness (QED) is 0.826. The molecule has 0 saturated heterocycles. The number of rotatable bonds is 3. The number of nitrogens with zero attached hydrogens (tertiary/aromatic N) is 2. The summed E-state index contributed by atoms with van der Waals surface area (Å²) in [4.78, 5) is 29.1. The Morgan fingerprint density at radius 3 is 2.52 bits per heavy atom. The number of pyridine rings is 1.